The Labute approximate surface area is 245 Å². The highest BCUT2D eigenvalue weighted by Gasteiger charge is 2.60. The quantitative estimate of drug-likeness (QED) is 0.249. The molecule has 2 aromatic carbocycles. The zero-order valence-corrected chi connectivity index (χ0v) is 23.7. The molecule has 2 heterocycles. The molecule has 0 spiro atoms. The molecule has 2 aliphatic carbocycles. The summed E-state index contributed by atoms with van der Waals surface area (Å²) in [6.07, 6.45) is -1.71. The molecule has 11 heteroatoms. The fraction of sp³-hybridized carbons (Fsp3) is 0.438. The number of halogens is 5. The molecule has 1 aliphatic heterocycles. The summed E-state index contributed by atoms with van der Waals surface area (Å²) in [6, 6.07) is 7.00. The van der Waals surface area contributed by atoms with Gasteiger partial charge in [-0.15, -0.1) is 0 Å². The minimum atomic E-state index is -4.93. The lowest BCUT2D eigenvalue weighted by Gasteiger charge is -2.37. The Kier molecular flexibility index (Phi) is 7.35. The molecule has 3 atom stereocenters. The van der Waals surface area contributed by atoms with Crippen molar-refractivity contribution in [1.82, 2.24) is 4.98 Å². The molecule has 0 unspecified atom stereocenters. The number of carbonyl (C=O) groups excluding carboxylic acids is 1. The van der Waals surface area contributed by atoms with Gasteiger partial charge in [0.25, 0.3) is 0 Å². The molecule has 6 rings (SSSR count). The van der Waals surface area contributed by atoms with Gasteiger partial charge in [-0.25, -0.2) is 13.8 Å². The van der Waals surface area contributed by atoms with Crippen molar-refractivity contribution in [2.24, 2.45) is 11.8 Å². The van der Waals surface area contributed by atoms with Crippen LogP contribution in [-0.4, -0.2) is 41.4 Å². The zero-order valence-electron chi connectivity index (χ0n) is 23.7. The molecule has 0 bridgehead atoms. The number of piperidine rings is 1. The number of fused-ring (bicyclic) bond motifs is 3. The fourth-order valence-corrected chi connectivity index (χ4v) is 6.41. The number of aromatic nitrogens is 1. The van der Waals surface area contributed by atoms with E-state index in [1.54, 1.807) is 26.1 Å². The van der Waals surface area contributed by atoms with Gasteiger partial charge in [0, 0.05) is 48.1 Å². The van der Waals surface area contributed by atoms with Crippen LogP contribution >= 0.6 is 0 Å². The van der Waals surface area contributed by atoms with Crippen molar-refractivity contribution in [1.29, 1.82) is 0 Å². The Hall–Kier alpha value is -3.73. The number of hydrogen-bond acceptors (Lipinski definition) is 6. The Balaban J connectivity index is 1.22. The lowest BCUT2D eigenvalue weighted by molar-refractivity contribution is -0.145. The summed E-state index contributed by atoms with van der Waals surface area (Å²) in [5.41, 5.74) is -0.715. The lowest BCUT2D eigenvalue weighted by atomic mass is 9.93. The number of rotatable bonds is 7. The van der Waals surface area contributed by atoms with Gasteiger partial charge in [0.1, 0.15) is 18.2 Å². The number of anilines is 1. The summed E-state index contributed by atoms with van der Waals surface area (Å²) < 4.78 is 83.0. The highest BCUT2D eigenvalue weighted by Crippen LogP contribution is 2.61. The predicted molar refractivity (Wildman–Crippen MR) is 147 cm³/mol. The van der Waals surface area contributed by atoms with E-state index in [-0.39, 0.29) is 40.7 Å². The van der Waals surface area contributed by atoms with E-state index in [2.05, 4.69) is 4.98 Å². The summed E-state index contributed by atoms with van der Waals surface area (Å²) >= 11 is 0. The molecule has 1 N–H and O–H groups in total. The molecule has 1 aromatic heterocycles. The second-order valence-electron chi connectivity index (χ2n) is 11.8. The predicted octanol–water partition coefficient (Wildman–Crippen LogP) is 6.42. The second kappa shape index (κ2) is 10.8. The third-order valence-electron chi connectivity index (χ3n) is 8.86. The van der Waals surface area contributed by atoms with Crippen LogP contribution in [0.5, 0.6) is 5.88 Å². The maximum absolute atomic E-state index is 15.4. The van der Waals surface area contributed by atoms with Gasteiger partial charge in [0.05, 0.1) is 23.7 Å². The number of nitrogens with zero attached hydrogens (tertiary/aromatic N) is 2. The van der Waals surface area contributed by atoms with E-state index in [9.17, 15) is 27.5 Å². The smallest absolute Gasteiger partial charge is 0.417 e. The van der Waals surface area contributed by atoms with Crippen molar-refractivity contribution < 1.29 is 41.3 Å². The SMILES string of the molecule is CCOC(=O)[C@H]1[C@@H]2Cc3cc(OCc4cc(-c5ccc(N6CCC(C)(O)CC6)cc5F)c(C(F)(F)F)cc4F)ncc3[C@@H]21. The van der Waals surface area contributed by atoms with Gasteiger partial charge in [0.2, 0.25) is 5.88 Å². The Bertz CT molecular complexity index is 1560. The van der Waals surface area contributed by atoms with Crippen LogP contribution < -0.4 is 9.64 Å². The molecule has 0 radical (unpaired) electrons. The number of carbonyl (C=O) groups is 1. The molecule has 43 heavy (non-hydrogen) atoms. The molecule has 228 valence electrons. The summed E-state index contributed by atoms with van der Waals surface area (Å²) in [4.78, 5) is 18.3. The van der Waals surface area contributed by atoms with Gasteiger partial charge >= 0.3 is 12.1 Å². The standard InChI is InChI=1S/C32H31F5N2O4/c1-3-42-30(40)29-22-10-17-12-27(38-15-23(17)28(22)29)43-16-18-11-21(24(14-25(18)33)32(35,36)37)20-5-4-19(13-26(20)34)39-8-6-31(2,41)7-9-39/h4-5,11-15,22,28-29,41H,3,6-10,16H2,1-2H3/t22-,28-,29+/m1/s1. The fourth-order valence-electron chi connectivity index (χ4n) is 6.41. The van der Waals surface area contributed by atoms with Crippen LogP contribution in [0.3, 0.4) is 0 Å². The molecule has 2 fully saturated rings. The van der Waals surface area contributed by atoms with E-state index in [0.717, 1.165) is 17.2 Å². The minimum Gasteiger partial charge on any atom is -0.473 e. The van der Waals surface area contributed by atoms with E-state index < -0.39 is 41.1 Å². The highest BCUT2D eigenvalue weighted by molar-refractivity contribution is 5.79. The first-order valence-corrected chi connectivity index (χ1v) is 14.3. The monoisotopic (exact) mass is 602 g/mol. The van der Waals surface area contributed by atoms with Gasteiger partial charge in [-0.3, -0.25) is 4.79 Å². The van der Waals surface area contributed by atoms with Crippen LogP contribution in [0, 0.1) is 23.5 Å². The van der Waals surface area contributed by atoms with Crippen molar-refractivity contribution in [3.8, 4) is 17.0 Å². The third-order valence-corrected chi connectivity index (χ3v) is 8.86. The molecule has 3 aromatic rings. The molecular weight excluding hydrogens is 571 g/mol. The maximum Gasteiger partial charge on any atom is 0.417 e. The van der Waals surface area contributed by atoms with Gasteiger partial charge in [-0.2, -0.15) is 13.2 Å². The van der Waals surface area contributed by atoms with Crippen molar-refractivity contribution in [2.45, 2.75) is 57.4 Å². The van der Waals surface area contributed by atoms with Crippen molar-refractivity contribution in [2.75, 3.05) is 24.6 Å². The number of esters is 1. The lowest BCUT2D eigenvalue weighted by Crippen LogP contribution is -2.42. The Morgan fingerprint density at radius 1 is 1.09 bits per heavy atom. The summed E-state index contributed by atoms with van der Waals surface area (Å²) in [6.45, 7) is 4.33. The van der Waals surface area contributed by atoms with E-state index in [0.29, 0.717) is 50.7 Å². The van der Waals surface area contributed by atoms with Crippen LogP contribution in [0.4, 0.5) is 27.6 Å². The largest absolute Gasteiger partial charge is 0.473 e. The van der Waals surface area contributed by atoms with Crippen molar-refractivity contribution in [3.63, 3.8) is 0 Å². The normalized spacial score (nSPS) is 22.1. The number of aliphatic hydroxyl groups is 1. The van der Waals surface area contributed by atoms with Crippen LogP contribution in [-0.2, 0) is 28.7 Å². The topological polar surface area (TPSA) is 71.9 Å². The summed E-state index contributed by atoms with van der Waals surface area (Å²) in [5.74, 6) is -2.03. The van der Waals surface area contributed by atoms with Crippen LogP contribution in [0.2, 0.25) is 0 Å². The number of hydrogen-bond donors (Lipinski definition) is 1. The number of alkyl halides is 3. The highest BCUT2D eigenvalue weighted by atomic mass is 19.4. The van der Waals surface area contributed by atoms with Gasteiger partial charge in [0.15, 0.2) is 0 Å². The average Bonchev–Trinajstić information content (AvgIpc) is 3.53. The minimum absolute atomic E-state index is 0.0524. The summed E-state index contributed by atoms with van der Waals surface area (Å²) in [5, 5.41) is 10.2. The zero-order chi connectivity index (χ0) is 30.7. The van der Waals surface area contributed by atoms with Crippen LogP contribution in [0.15, 0.2) is 42.6 Å². The average molecular weight is 603 g/mol. The van der Waals surface area contributed by atoms with Gasteiger partial charge in [-0.1, -0.05) is 0 Å². The van der Waals surface area contributed by atoms with E-state index in [1.807, 2.05) is 4.90 Å². The summed E-state index contributed by atoms with van der Waals surface area (Å²) in [7, 11) is 0. The van der Waals surface area contributed by atoms with Gasteiger partial charge in [-0.05, 0) is 86.1 Å². The third kappa shape index (κ3) is 5.67. The molecule has 0 amide bonds. The van der Waals surface area contributed by atoms with E-state index in [4.69, 9.17) is 9.47 Å². The van der Waals surface area contributed by atoms with Crippen LogP contribution in [0.25, 0.3) is 11.1 Å². The molecular formula is C32H31F5N2O4. The first-order chi connectivity index (χ1) is 20.4. The first kappa shape index (κ1) is 29.3. The second-order valence-corrected chi connectivity index (χ2v) is 11.8. The van der Waals surface area contributed by atoms with Crippen LogP contribution in [0.1, 0.15) is 54.9 Å². The molecule has 1 saturated heterocycles. The van der Waals surface area contributed by atoms with E-state index >= 15 is 4.39 Å². The van der Waals surface area contributed by atoms with E-state index in [1.165, 1.54) is 18.2 Å². The van der Waals surface area contributed by atoms with Crippen molar-refractivity contribution >= 4 is 11.7 Å². The number of benzene rings is 2. The number of ether oxygens (including phenoxy) is 2. The maximum atomic E-state index is 15.4. The Morgan fingerprint density at radius 3 is 2.51 bits per heavy atom. The van der Waals surface area contributed by atoms with Gasteiger partial charge < -0.3 is 19.5 Å². The first-order valence-electron chi connectivity index (χ1n) is 14.3. The Morgan fingerprint density at radius 2 is 1.84 bits per heavy atom. The molecule has 6 nitrogen and oxygen atoms in total. The molecule has 3 aliphatic rings. The van der Waals surface area contributed by atoms with Crippen molar-refractivity contribution in [3.05, 3.63) is 76.5 Å². The molecule has 1 saturated carbocycles. The number of pyridine rings is 1.